The van der Waals surface area contributed by atoms with E-state index in [-0.39, 0.29) is 5.02 Å². The highest BCUT2D eigenvalue weighted by Crippen LogP contribution is 2.47. The van der Waals surface area contributed by atoms with Crippen LogP contribution in [0.1, 0.15) is 31.7 Å². The van der Waals surface area contributed by atoms with Crippen molar-refractivity contribution in [3.05, 3.63) is 59.4 Å². The van der Waals surface area contributed by atoms with Gasteiger partial charge in [-0.25, -0.2) is 14.4 Å². The first-order chi connectivity index (χ1) is 13.8. The molecule has 7 nitrogen and oxygen atoms in total. The van der Waals surface area contributed by atoms with E-state index in [4.69, 9.17) is 25.8 Å². The number of benzene rings is 1. The standard InChI is InChI=1S/C20H19ClFN3O4/c1-20(2)28-16-15(14(26)10-3-4-12(21)13(22)7-10)27-19(17(16)29-20)25-6-5-11-8-23-9-24-18(11)25/h3-9,14-17,19,26H,1-2H3/t14-,15+,16+,17+,19+/m0/s1. The molecule has 0 amide bonds. The molecule has 0 aliphatic carbocycles. The molecular weight excluding hydrogens is 401 g/mol. The number of nitrogens with zero attached hydrogens (tertiary/aromatic N) is 3. The minimum Gasteiger partial charge on any atom is -0.386 e. The zero-order chi connectivity index (χ0) is 20.3. The molecule has 2 saturated heterocycles. The van der Waals surface area contributed by atoms with Crippen LogP contribution in [0.5, 0.6) is 0 Å². The second-order valence-electron chi connectivity index (χ2n) is 7.70. The average molecular weight is 420 g/mol. The molecule has 1 N–H and O–H groups in total. The predicted octanol–water partition coefficient (Wildman–Crippen LogP) is 3.37. The predicted molar refractivity (Wildman–Crippen MR) is 102 cm³/mol. The second-order valence-corrected chi connectivity index (χ2v) is 8.11. The van der Waals surface area contributed by atoms with Gasteiger partial charge in [-0.1, -0.05) is 17.7 Å². The van der Waals surface area contributed by atoms with E-state index in [9.17, 15) is 9.50 Å². The number of aromatic nitrogens is 3. The second kappa shape index (κ2) is 6.72. The Balaban J connectivity index is 1.52. The molecule has 0 spiro atoms. The Hall–Kier alpha value is -2.10. The lowest BCUT2D eigenvalue weighted by Gasteiger charge is -2.27. The van der Waals surface area contributed by atoms with Gasteiger partial charge in [-0.2, -0.15) is 0 Å². The van der Waals surface area contributed by atoms with Crippen molar-refractivity contribution in [2.24, 2.45) is 0 Å². The van der Waals surface area contributed by atoms with E-state index in [2.05, 4.69) is 9.97 Å². The molecule has 2 aromatic heterocycles. The Bertz CT molecular complexity index is 1070. The normalized spacial score (nSPS) is 29.3. The lowest BCUT2D eigenvalue weighted by Crippen LogP contribution is -2.34. The first-order valence-electron chi connectivity index (χ1n) is 9.25. The number of hydrogen-bond donors (Lipinski definition) is 1. The average Bonchev–Trinajstić information content (AvgIpc) is 3.34. The number of halogens is 2. The lowest BCUT2D eigenvalue weighted by molar-refractivity contribution is -0.207. The van der Waals surface area contributed by atoms with E-state index in [1.807, 2.05) is 30.7 Å². The Morgan fingerprint density at radius 2 is 2.03 bits per heavy atom. The molecule has 0 saturated carbocycles. The molecule has 2 aliphatic rings. The Kier molecular flexibility index (Phi) is 4.38. The number of rotatable bonds is 3. The molecule has 3 aromatic rings. The third-order valence-electron chi connectivity index (χ3n) is 5.31. The van der Waals surface area contributed by atoms with Crippen molar-refractivity contribution >= 4 is 22.6 Å². The fourth-order valence-corrected chi connectivity index (χ4v) is 4.19. The van der Waals surface area contributed by atoms with Crippen LogP contribution in [0.15, 0.2) is 43.0 Å². The van der Waals surface area contributed by atoms with Crippen LogP contribution >= 0.6 is 11.6 Å². The number of aliphatic hydroxyl groups is 1. The van der Waals surface area contributed by atoms with E-state index in [1.54, 1.807) is 12.3 Å². The van der Waals surface area contributed by atoms with Crippen LogP contribution in [0.25, 0.3) is 11.0 Å². The smallest absolute Gasteiger partial charge is 0.164 e. The molecule has 29 heavy (non-hydrogen) atoms. The van der Waals surface area contributed by atoms with Crippen LogP contribution in [-0.2, 0) is 14.2 Å². The molecule has 5 atom stereocenters. The van der Waals surface area contributed by atoms with Gasteiger partial charge in [0, 0.05) is 17.8 Å². The molecule has 5 rings (SSSR count). The minimum atomic E-state index is -1.13. The van der Waals surface area contributed by atoms with Crippen molar-refractivity contribution in [3.63, 3.8) is 0 Å². The zero-order valence-corrected chi connectivity index (χ0v) is 16.5. The van der Waals surface area contributed by atoms with Gasteiger partial charge in [0.05, 0.1) is 5.02 Å². The molecule has 0 unspecified atom stereocenters. The summed E-state index contributed by atoms with van der Waals surface area (Å²) >= 11 is 5.77. The van der Waals surface area contributed by atoms with Gasteiger partial charge in [0.25, 0.3) is 0 Å². The van der Waals surface area contributed by atoms with E-state index >= 15 is 0 Å². The van der Waals surface area contributed by atoms with E-state index in [0.717, 1.165) is 5.39 Å². The summed E-state index contributed by atoms with van der Waals surface area (Å²) in [6.45, 7) is 3.62. The highest BCUT2D eigenvalue weighted by Gasteiger charge is 2.58. The number of hydrogen-bond acceptors (Lipinski definition) is 6. The number of ether oxygens (including phenoxy) is 3. The van der Waals surface area contributed by atoms with Gasteiger partial charge in [0.15, 0.2) is 12.0 Å². The van der Waals surface area contributed by atoms with Gasteiger partial charge in [-0.3, -0.25) is 0 Å². The molecule has 4 heterocycles. The summed E-state index contributed by atoms with van der Waals surface area (Å²) in [6, 6.07) is 6.07. The Morgan fingerprint density at radius 3 is 2.83 bits per heavy atom. The third kappa shape index (κ3) is 3.12. The first kappa shape index (κ1) is 18.9. The molecule has 0 radical (unpaired) electrons. The maximum atomic E-state index is 13.9. The lowest BCUT2D eigenvalue weighted by atomic mass is 9.99. The van der Waals surface area contributed by atoms with Gasteiger partial charge in [0.1, 0.15) is 42.2 Å². The highest BCUT2D eigenvalue weighted by molar-refractivity contribution is 6.30. The zero-order valence-electron chi connectivity index (χ0n) is 15.7. The quantitative estimate of drug-likeness (QED) is 0.701. The van der Waals surface area contributed by atoms with Crippen LogP contribution in [0.4, 0.5) is 4.39 Å². The maximum absolute atomic E-state index is 13.9. The van der Waals surface area contributed by atoms with Crippen LogP contribution in [0.2, 0.25) is 5.02 Å². The van der Waals surface area contributed by atoms with Gasteiger partial charge >= 0.3 is 0 Å². The molecule has 2 fully saturated rings. The summed E-state index contributed by atoms with van der Waals surface area (Å²) in [5, 5.41) is 11.8. The summed E-state index contributed by atoms with van der Waals surface area (Å²) in [6.07, 6.45) is 1.50. The van der Waals surface area contributed by atoms with E-state index in [1.165, 1.54) is 18.5 Å². The minimum absolute atomic E-state index is 0.0101. The Labute approximate surface area is 171 Å². The molecule has 0 bridgehead atoms. The van der Waals surface area contributed by atoms with Crippen molar-refractivity contribution < 1.29 is 23.7 Å². The number of fused-ring (bicyclic) bond motifs is 2. The fraction of sp³-hybridized carbons (Fsp3) is 0.400. The highest BCUT2D eigenvalue weighted by atomic mass is 35.5. The summed E-state index contributed by atoms with van der Waals surface area (Å²) < 4.78 is 34.1. The summed E-state index contributed by atoms with van der Waals surface area (Å²) in [5.41, 5.74) is 1.04. The molecule has 9 heteroatoms. The van der Waals surface area contributed by atoms with Crippen LogP contribution in [-0.4, -0.2) is 43.7 Å². The monoisotopic (exact) mass is 419 g/mol. The first-order valence-corrected chi connectivity index (χ1v) is 9.62. The maximum Gasteiger partial charge on any atom is 0.164 e. The van der Waals surface area contributed by atoms with Gasteiger partial charge in [0.2, 0.25) is 0 Å². The van der Waals surface area contributed by atoms with Crippen LogP contribution < -0.4 is 0 Å². The topological polar surface area (TPSA) is 78.6 Å². The van der Waals surface area contributed by atoms with Crippen molar-refractivity contribution in [3.8, 4) is 0 Å². The molecule has 1 aromatic carbocycles. The largest absolute Gasteiger partial charge is 0.386 e. The molecule has 2 aliphatic heterocycles. The SMILES string of the molecule is CC1(C)O[C@H]2[C@@H](O1)[C@H](n1ccc3cncnc31)O[C@@H]2[C@@H](O)c1ccc(Cl)c(F)c1. The van der Waals surface area contributed by atoms with Crippen molar-refractivity contribution in [1.82, 2.24) is 14.5 Å². The van der Waals surface area contributed by atoms with Crippen molar-refractivity contribution in [2.75, 3.05) is 0 Å². The molecule has 152 valence electrons. The van der Waals surface area contributed by atoms with Crippen LogP contribution in [0.3, 0.4) is 0 Å². The summed E-state index contributed by atoms with van der Waals surface area (Å²) in [4.78, 5) is 8.37. The van der Waals surface area contributed by atoms with E-state index < -0.39 is 42.2 Å². The Morgan fingerprint density at radius 1 is 1.24 bits per heavy atom. The third-order valence-corrected chi connectivity index (χ3v) is 5.62. The van der Waals surface area contributed by atoms with Gasteiger partial charge in [-0.05, 0) is 37.6 Å². The number of aliphatic hydroxyl groups excluding tert-OH is 1. The van der Waals surface area contributed by atoms with E-state index in [0.29, 0.717) is 11.2 Å². The van der Waals surface area contributed by atoms with Crippen molar-refractivity contribution in [1.29, 1.82) is 0 Å². The molecular formula is C20H19ClFN3O4. The van der Waals surface area contributed by atoms with Crippen molar-refractivity contribution in [2.45, 2.75) is 50.3 Å². The fourth-order valence-electron chi connectivity index (χ4n) is 4.08. The van der Waals surface area contributed by atoms with Crippen LogP contribution in [0, 0.1) is 5.82 Å². The van der Waals surface area contributed by atoms with Gasteiger partial charge in [-0.15, -0.1) is 0 Å². The van der Waals surface area contributed by atoms with Gasteiger partial charge < -0.3 is 23.9 Å². The summed E-state index contributed by atoms with van der Waals surface area (Å²) in [5.74, 6) is -1.45. The summed E-state index contributed by atoms with van der Waals surface area (Å²) in [7, 11) is 0.